The van der Waals surface area contributed by atoms with Gasteiger partial charge < -0.3 is 24.8 Å². The topological polar surface area (TPSA) is 70.9 Å². The highest BCUT2D eigenvalue weighted by Crippen LogP contribution is 2.25. The Hall–Kier alpha value is -3.17. The van der Waals surface area contributed by atoms with E-state index >= 15 is 0 Å². The Morgan fingerprint density at radius 2 is 1.82 bits per heavy atom. The molecule has 2 heterocycles. The number of ether oxygens (including phenoxy) is 1. The van der Waals surface area contributed by atoms with Gasteiger partial charge in [-0.2, -0.15) is 0 Å². The second kappa shape index (κ2) is 11.8. The van der Waals surface area contributed by atoms with Gasteiger partial charge in [0.05, 0.1) is 24.6 Å². The number of rotatable bonds is 8. The number of amides is 2. The van der Waals surface area contributed by atoms with E-state index in [1.807, 2.05) is 6.92 Å². The van der Waals surface area contributed by atoms with E-state index in [2.05, 4.69) is 49.7 Å². The molecule has 0 saturated carbocycles. The molecule has 1 aliphatic rings. The number of hydrogen-bond donors (Lipinski definition) is 2. The summed E-state index contributed by atoms with van der Waals surface area (Å²) in [5, 5.41) is 7.72. The Morgan fingerprint density at radius 3 is 2.53 bits per heavy atom. The van der Waals surface area contributed by atoms with Crippen LogP contribution in [0.4, 0.5) is 20.6 Å². The molecule has 0 spiro atoms. The maximum absolute atomic E-state index is 13.3. The molecular formula is C25H30FN5O2S. The number of aromatic nitrogens is 1. The molecule has 2 aromatic carbocycles. The zero-order chi connectivity index (χ0) is 23.8. The van der Waals surface area contributed by atoms with Gasteiger partial charge in [0.2, 0.25) is 0 Å². The van der Waals surface area contributed by atoms with E-state index in [4.69, 9.17) is 9.73 Å². The molecule has 7 nitrogen and oxygen atoms in total. The Labute approximate surface area is 202 Å². The molecule has 34 heavy (non-hydrogen) atoms. The van der Waals surface area contributed by atoms with E-state index in [0.717, 1.165) is 48.8 Å². The Morgan fingerprint density at radius 1 is 1.09 bits per heavy atom. The van der Waals surface area contributed by atoms with Crippen LogP contribution >= 0.6 is 11.3 Å². The van der Waals surface area contributed by atoms with Gasteiger partial charge in [0.1, 0.15) is 5.82 Å². The fourth-order valence-electron chi connectivity index (χ4n) is 3.82. The van der Waals surface area contributed by atoms with Crippen molar-refractivity contribution in [1.29, 1.82) is 0 Å². The highest BCUT2D eigenvalue weighted by molar-refractivity contribution is 7.07. The number of nitrogens with zero attached hydrogens (tertiary/aromatic N) is 3. The molecule has 1 fully saturated rings. The molecule has 2 amide bonds. The van der Waals surface area contributed by atoms with Crippen LogP contribution in [0.3, 0.4) is 0 Å². The molecule has 3 aromatic rings. The first-order chi connectivity index (χ1) is 16.6. The van der Waals surface area contributed by atoms with Crippen molar-refractivity contribution in [2.75, 3.05) is 44.3 Å². The van der Waals surface area contributed by atoms with Gasteiger partial charge in [-0.1, -0.05) is 12.1 Å². The summed E-state index contributed by atoms with van der Waals surface area (Å²) in [4.78, 5) is 19.6. The van der Waals surface area contributed by atoms with Crippen LogP contribution in [0.2, 0.25) is 0 Å². The van der Waals surface area contributed by atoms with Gasteiger partial charge in [0, 0.05) is 43.8 Å². The smallest absolute Gasteiger partial charge is 0.314 e. The average Bonchev–Trinajstić information content (AvgIpc) is 3.26. The predicted molar refractivity (Wildman–Crippen MR) is 134 cm³/mol. The Kier molecular flexibility index (Phi) is 8.32. The zero-order valence-corrected chi connectivity index (χ0v) is 20.1. The fourth-order valence-corrected chi connectivity index (χ4v) is 4.77. The number of urea groups is 1. The van der Waals surface area contributed by atoms with Crippen LogP contribution in [0.5, 0.6) is 0 Å². The lowest BCUT2D eigenvalue weighted by molar-refractivity contribution is 0.122. The number of nitrogens with one attached hydrogen (secondary N) is 2. The van der Waals surface area contributed by atoms with Gasteiger partial charge >= 0.3 is 6.03 Å². The van der Waals surface area contributed by atoms with Gasteiger partial charge in [0.25, 0.3) is 0 Å². The summed E-state index contributed by atoms with van der Waals surface area (Å²) in [6.07, 6.45) is 0.753. The van der Waals surface area contributed by atoms with Gasteiger partial charge in [-0.3, -0.25) is 0 Å². The van der Waals surface area contributed by atoms with Crippen molar-refractivity contribution in [2.24, 2.45) is 4.99 Å². The standard InChI is InChI=1S/C25H30FN5O2S/c1-2-27-24(32)28-12-3-13-31-23(18-34-25(31)29-21-8-6-20(26)7-9-21)19-4-10-22(11-5-19)30-14-16-33-17-15-30/h4-11,18H,2-3,12-17H2,1H3,(H2,27,28,32). The highest BCUT2D eigenvalue weighted by atomic mass is 32.1. The van der Waals surface area contributed by atoms with E-state index in [0.29, 0.717) is 25.3 Å². The molecule has 1 saturated heterocycles. The monoisotopic (exact) mass is 483 g/mol. The highest BCUT2D eigenvalue weighted by Gasteiger charge is 2.13. The van der Waals surface area contributed by atoms with E-state index < -0.39 is 0 Å². The quantitative estimate of drug-likeness (QED) is 0.473. The van der Waals surface area contributed by atoms with Crippen LogP contribution in [0.25, 0.3) is 11.3 Å². The van der Waals surface area contributed by atoms with E-state index in [9.17, 15) is 9.18 Å². The van der Waals surface area contributed by atoms with Crippen molar-refractivity contribution < 1.29 is 13.9 Å². The fraction of sp³-hybridized carbons (Fsp3) is 0.360. The normalized spacial score (nSPS) is 14.3. The van der Waals surface area contributed by atoms with Crippen LogP contribution in [-0.4, -0.2) is 50.0 Å². The summed E-state index contributed by atoms with van der Waals surface area (Å²) in [7, 11) is 0. The van der Waals surface area contributed by atoms with Crippen LogP contribution < -0.4 is 20.3 Å². The number of benzene rings is 2. The molecule has 0 aliphatic carbocycles. The molecule has 1 aromatic heterocycles. The summed E-state index contributed by atoms with van der Waals surface area (Å²) < 4.78 is 21.0. The number of carbonyl (C=O) groups is 1. The van der Waals surface area contributed by atoms with Gasteiger partial charge in [-0.15, -0.1) is 11.3 Å². The van der Waals surface area contributed by atoms with E-state index in [-0.39, 0.29) is 11.8 Å². The number of morpholine rings is 1. The molecule has 180 valence electrons. The van der Waals surface area contributed by atoms with Crippen molar-refractivity contribution in [1.82, 2.24) is 15.2 Å². The minimum Gasteiger partial charge on any atom is -0.378 e. The van der Waals surface area contributed by atoms with Crippen molar-refractivity contribution in [3.8, 4) is 11.3 Å². The SMILES string of the molecule is CCNC(=O)NCCCn1c(-c2ccc(N3CCOCC3)cc2)csc1=Nc1ccc(F)cc1. The number of anilines is 1. The second-order valence-electron chi connectivity index (χ2n) is 7.93. The lowest BCUT2D eigenvalue weighted by atomic mass is 10.1. The van der Waals surface area contributed by atoms with Crippen LogP contribution in [-0.2, 0) is 11.3 Å². The largest absolute Gasteiger partial charge is 0.378 e. The lowest BCUT2D eigenvalue weighted by Crippen LogP contribution is -2.36. The molecular weight excluding hydrogens is 453 g/mol. The van der Waals surface area contributed by atoms with Crippen molar-refractivity contribution in [3.05, 3.63) is 64.5 Å². The third-order valence-corrected chi connectivity index (χ3v) is 6.43. The van der Waals surface area contributed by atoms with Crippen LogP contribution in [0.1, 0.15) is 13.3 Å². The third kappa shape index (κ3) is 6.24. The van der Waals surface area contributed by atoms with Gasteiger partial charge in [0.15, 0.2) is 4.80 Å². The summed E-state index contributed by atoms with van der Waals surface area (Å²) in [6.45, 7) is 7.04. The minimum absolute atomic E-state index is 0.159. The van der Waals surface area contributed by atoms with Crippen molar-refractivity contribution >= 4 is 28.7 Å². The first-order valence-electron chi connectivity index (χ1n) is 11.6. The zero-order valence-electron chi connectivity index (χ0n) is 19.3. The van der Waals surface area contributed by atoms with Gasteiger partial charge in [-0.05, 0) is 55.3 Å². The Balaban J connectivity index is 1.57. The van der Waals surface area contributed by atoms with Crippen molar-refractivity contribution in [2.45, 2.75) is 19.9 Å². The van der Waals surface area contributed by atoms with Crippen molar-refractivity contribution in [3.63, 3.8) is 0 Å². The molecule has 0 unspecified atom stereocenters. The summed E-state index contributed by atoms with van der Waals surface area (Å²) in [5.74, 6) is -0.282. The van der Waals surface area contributed by atoms with Crippen LogP contribution in [0.15, 0.2) is 58.9 Å². The molecule has 0 atom stereocenters. The molecule has 2 N–H and O–H groups in total. The second-order valence-corrected chi connectivity index (χ2v) is 8.77. The molecule has 4 rings (SSSR count). The lowest BCUT2D eigenvalue weighted by Gasteiger charge is -2.28. The number of hydrogen-bond acceptors (Lipinski definition) is 5. The summed E-state index contributed by atoms with van der Waals surface area (Å²) >= 11 is 1.55. The summed E-state index contributed by atoms with van der Waals surface area (Å²) in [5.41, 5.74) is 4.06. The maximum Gasteiger partial charge on any atom is 0.314 e. The Bertz CT molecular complexity index is 1140. The number of thiazole rings is 1. The minimum atomic E-state index is -0.282. The van der Waals surface area contributed by atoms with E-state index in [1.165, 1.54) is 17.8 Å². The first-order valence-corrected chi connectivity index (χ1v) is 12.5. The maximum atomic E-state index is 13.3. The molecule has 9 heteroatoms. The molecule has 1 aliphatic heterocycles. The van der Waals surface area contributed by atoms with Crippen LogP contribution in [0, 0.1) is 5.82 Å². The third-order valence-electron chi connectivity index (χ3n) is 5.57. The molecule has 0 radical (unpaired) electrons. The number of carbonyl (C=O) groups excluding carboxylic acids is 1. The average molecular weight is 484 g/mol. The van der Waals surface area contributed by atoms with E-state index in [1.54, 1.807) is 23.5 Å². The van der Waals surface area contributed by atoms with Gasteiger partial charge in [-0.25, -0.2) is 14.2 Å². The molecule has 0 bridgehead atoms. The summed E-state index contributed by atoms with van der Waals surface area (Å²) in [6, 6.07) is 14.6. The predicted octanol–water partition coefficient (Wildman–Crippen LogP) is 4.13. The number of halogens is 1. The first kappa shape index (κ1) is 24.0.